The van der Waals surface area contributed by atoms with Gasteiger partial charge in [0.2, 0.25) is 0 Å². The molecular weight excluding hydrogens is 264 g/mol. The number of rotatable bonds is 4. The molecule has 3 heteroatoms. The molecular formula is C15H15ClOS. The third-order valence-electron chi connectivity index (χ3n) is 2.76. The number of halogens is 1. The molecule has 0 saturated carbocycles. The molecule has 0 fully saturated rings. The predicted octanol–water partition coefficient (Wildman–Crippen LogP) is 4.85. The van der Waals surface area contributed by atoms with Crippen molar-refractivity contribution in [3.63, 3.8) is 0 Å². The van der Waals surface area contributed by atoms with Crippen molar-refractivity contribution in [3.05, 3.63) is 51.9 Å². The maximum absolute atomic E-state index is 9.16. The van der Waals surface area contributed by atoms with Crippen molar-refractivity contribution in [3.8, 4) is 10.4 Å². The summed E-state index contributed by atoms with van der Waals surface area (Å²) < 4.78 is 0. The molecule has 0 bridgehead atoms. The van der Waals surface area contributed by atoms with Crippen LogP contribution in [0.15, 0.2) is 42.0 Å². The number of hydrogen-bond acceptors (Lipinski definition) is 2. The van der Waals surface area contributed by atoms with Crippen molar-refractivity contribution in [1.29, 1.82) is 0 Å². The smallest absolute Gasteiger partial charge is 0.0645 e. The van der Waals surface area contributed by atoms with Gasteiger partial charge in [0, 0.05) is 14.8 Å². The third-order valence-corrected chi connectivity index (χ3v) is 4.09. The fourth-order valence-electron chi connectivity index (χ4n) is 1.66. The maximum atomic E-state index is 9.16. The molecule has 2 rings (SSSR count). The van der Waals surface area contributed by atoms with Gasteiger partial charge in [0.25, 0.3) is 0 Å². The first-order valence-corrected chi connectivity index (χ1v) is 7.08. The fourth-order valence-corrected chi connectivity index (χ4v) is 2.79. The van der Waals surface area contributed by atoms with Gasteiger partial charge in [-0.25, -0.2) is 0 Å². The third kappa shape index (κ3) is 3.22. The van der Waals surface area contributed by atoms with Crippen molar-refractivity contribution in [2.45, 2.75) is 13.3 Å². The first kappa shape index (κ1) is 13.3. The van der Waals surface area contributed by atoms with E-state index in [9.17, 15) is 0 Å². The molecule has 94 valence electrons. The second-order valence-electron chi connectivity index (χ2n) is 4.02. The summed E-state index contributed by atoms with van der Waals surface area (Å²) in [4.78, 5) is 2.39. The Bertz CT molecular complexity index is 534. The molecule has 1 aromatic heterocycles. The van der Waals surface area contributed by atoms with Gasteiger partial charge in [-0.15, -0.1) is 11.3 Å². The van der Waals surface area contributed by atoms with Crippen LogP contribution >= 0.6 is 22.9 Å². The summed E-state index contributed by atoms with van der Waals surface area (Å²) in [6, 6.07) is 12.0. The molecule has 1 N–H and O–H groups in total. The predicted molar refractivity (Wildman–Crippen MR) is 80.1 cm³/mol. The minimum absolute atomic E-state index is 0.130. The van der Waals surface area contributed by atoms with Crippen LogP contribution in [-0.4, -0.2) is 11.7 Å². The average Bonchev–Trinajstić information content (AvgIpc) is 2.85. The highest BCUT2D eigenvalue weighted by Crippen LogP contribution is 2.30. The minimum atomic E-state index is 0.130. The summed E-state index contributed by atoms with van der Waals surface area (Å²) in [7, 11) is 0. The highest BCUT2D eigenvalue weighted by Gasteiger charge is 2.02. The van der Waals surface area contributed by atoms with Crippen LogP contribution in [0.4, 0.5) is 0 Å². The quantitative estimate of drug-likeness (QED) is 0.847. The SMILES string of the molecule is CCC(=Cc1ccc(-c2ccc(Cl)cc2)s1)CO. The molecule has 0 aliphatic heterocycles. The van der Waals surface area contributed by atoms with Crippen molar-refractivity contribution < 1.29 is 5.11 Å². The molecule has 1 heterocycles. The highest BCUT2D eigenvalue weighted by molar-refractivity contribution is 7.16. The molecule has 0 radical (unpaired) electrons. The molecule has 0 aliphatic rings. The van der Waals surface area contributed by atoms with Crippen LogP contribution in [0.25, 0.3) is 16.5 Å². The highest BCUT2D eigenvalue weighted by atomic mass is 35.5. The maximum Gasteiger partial charge on any atom is 0.0645 e. The summed E-state index contributed by atoms with van der Waals surface area (Å²) >= 11 is 7.60. The van der Waals surface area contributed by atoms with Gasteiger partial charge in [-0.1, -0.05) is 30.7 Å². The molecule has 0 amide bonds. The van der Waals surface area contributed by atoms with Gasteiger partial charge >= 0.3 is 0 Å². The molecule has 0 atom stereocenters. The van der Waals surface area contributed by atoms with Crippen LogP contribution < -0.4 is 0 Å². The largest absolute Gasteiger partial charge is 0.392 e. The van der Waals surface area contributed by atoms with Crippen molar-refractivity contribution in [1.82, 2.24) is 0 Å². The summed E-state index contributed by atoms with van der Waals surface area (Å²) in [5.41, 5.74) is 2.23. The van der Waals surface area contributed by atoms with Crippen molar-refractivity contribution >= 4 is 29.0 Å². The molecule has 2 aromatic rings. The van der Waals surface area contributed by atoms with Crippen LogP contribution in [0.1, 0.15) is 18.2 Å². The minimum Gasteiger partial charge on any atom is -0.392 e. The Balaban J connectivity index is 2.25. The fraction of sp³-hybridized carbons (Fsp3) is 0.200. The summed E-state index contributed by atoms with van der Waals surface area (Å²) in [5, 5.41) is 9.92. The van der Waals surface area contributed by atoms with Crippen LogP contribution in [0.3, 0.4) is 0 Å². The second-order valence-corrected chi connectivity index (χ2v) is 5.57. The Hall–Kier alpha value is -1.09. The van der Waals surface area contributed by atoms with E-state index in [1.165, 1.54) is 15.3 Å². The summed E-state index contributed by atoms with van der Waals surface area (Å²) in [6.07, 6.45) is 2.94. The van der Waals surface area contributed by atoms with Crippen molar-refractivity contribution in [2.75, 3.05) is 6.61 Å². The normalized spacial score (nSPS) is 11.8. The Morgan fingerprint density at radius 3 is 2.56 bits per heavy atom. The number of thiophene rings is 1. The molecule has 0 aliphatic carbocycles. The Morgan fingerprint density at radius 2 is 1.94 bits per heavy atom. The van der Waals surface area contributed by atoms with Gasteiger partial charge in [-0.2, -0.15) is 0 Å². The lowest BCUT2D eigenvalue weighted by Gasteiger charge is -1.98. The van der Waals surface area contributed by atoms with E-state index < -0.39 is 0 Å². The first-order valence-electron chi connectivity index (χ1n) is 5.89. The second kappa shape index (κ2) is 6.19. The standard InChI is InChI=1S/C15H15ClOS/c1-2-11(10-17)9-14-7-8-15(18-14)12-3-5-13(16)6-4-12/h3-9,17H,2,10H2,1H3. The lowest BCUT2D eigenvalue weighted by atomic mass is 10.2. The number of aliphatic hydroxyl groups is 1. The summed E-state index contributed by atoms with van der Waals surface area (Å²) in [5.74, 6) is 0. The van der Waals surface area contributed by atoms with Crippen LogP contribution in [-0.2, 0) is 0 Å². The first-order chi connectivity index (χ1) is 8.72. The number of hydrogen-bond donors (Lipinski definition) is 1. The van der Waals surface area contributed by atoms with Crippen LogP contribution in [0.2, 0.25) is 5.02 Å². The van der Waals surface area contributed by atoms with E-state index >= 15 is 0 Å². The van der Waals surface area contributed by atoms with E-state index in [0.717, 1.165) is 17.0 Å². The van der Waals surface area contributed by atoms with Gasteiger partial charge in [0.1, 0.15) is 0 Å². The number of aliphatic hydroxyl groups excluding tert-OH is 1. The zero-order valence-corrected chi connectivity index (χ0v) is 11.8. The van der Waals surface area contributed by atoms with Gasteiger partial charge in [-0.05, 0) is 47.9 Å². The van der Waals surface area contributed by atoms with E-state index in [1.807, 2.05) is 24.3 Å². The molecule has 18 heavy (non-hydrogen) atoms. The van der Waals surface area contributed by atoms with Crippen LogP contribution in [0, 0.1) is 0 Å². The Morgan fingerprint density at radius 1 is 1.22 bits per heavy atom. The summed E-state index contributed by atoms with van der Waals surface area (Å²) in [6.45, 7) is 2.18. The monoisotopic (exact) mass is 278 g/mol. The lowest BCUT2D eigenvalue weighted by molar-refractivity contribution is 0.329. The molecule has 1 nitrogen and oxygen atoms in total. The van der Waals surface area contributed by atoms with E-state index in [-0.39, 0.29) is 6.61 Å². The van der Waals surface area contributed by atoms with Gasteiger partial charge in [0.05, 0.1) is 6.61 Å². The molecule has 1 aromatic carbocycles. The topological polar surface area (TPSA) is 20.2 Å². The average molecular weight is 279 g/mol. The lowest BCUT2D eigenvalue weighted by Crippen LogP contribution is -1.86. The van der Waals surface area contributed by atoms with E-state index in [4.69, 9.17) is 16.7 Å². The molecule has 0 spiro atoms. The van der Waals surface area contributed by atoms with E-state index in [2.05, 4.69) is 25.1 Å². The zero-order valence-electron chi connectivity index (χ0n) is 10.2. The number of benzene rings is 1. The van der Waals surface area contributed by atoms with Crippen LogP contribution in [0.5, 0.6) is 0 Å². The Kier molecular flexibility index (Phi) is 4.59. The van der Waals surface area contributed by atoms with E-state index in [1.54, 1.807) is 11.3 Å². The zero-order chi connectivity index (χ0) is 13.0. The molecule has 0 unspecified atom stereocenters. The Labute approximate surface area is 116 Å². The van der Waals surface area contributed by atoms with Gasteiger partial charge in [0.15, 0.2) is 0 Å². The van der Waals surface area contributed by atoms with Gasteiger partial charge in [-0.3, -0.25) is 0 Å². The van der Waals surface area contributed by atoms with Gasteiger partial charge < -0.3 is 5.11 Å². The molecule has 0 saturated heterocycles. The van der Waals surface area contributed by atoms with Crippen molar-refractivity contribution in [2.24, 2.45) is 0 Å². The van der Waals surface area contributed by atoms with E-state index in [0.29, 0.717) is 0 Å².